The van der Waals surface area contributed by atoms with E-state index in [0.717, 1.165) is 38.4 Å². The number of ether oxygens (including phenoxy) is 1. The lowest BCUT2D eigenvalue weighted by Gasteiger charge is -2.19. The number of aliphatic imine (C=N–C) groups is 1. The number of allylic oxidation sites excluding steroid dienone is 1. The summed E-state index contributed by atoms with van der Waals surface area (Å²) in [7, 11) is 4.59. The zero-order valence-corrected chi connectivity index (χ0v) is 20.5. The summed E-state index contributed by atoms with van der Waals surface area (Å²) in [4.78, 5) is 23.7. The number of hydrogen-bond acceptors (Lipinski definition) is 9. The standard InChI is InChI=1S/C23H30N6O2.CH4O.CH2O/c1-27-29(2)22-12-18(7-3-16(22)14-30)28-23(26)13-21(25)15-4-8-20(11-15)31-19-9-5-17(24)6-10-19;2*1-2/h3,5-7,9-10,12-15,20,27H,4,8,11,24-25H2,1-2H3,(H2,26,28);2H,1H3;1H2/b21-13-;;. The molecular formula is C25H36N6O4. The second kappa shape index (κ2) is 15.1. The molecule has 0 bridgehead atoms. The topological polar surface area (TPSA) is 169 Å². The van der Waals surface area contributed by atoms with Crippen molar-refractivity contribution in [1.29, 1.82) is 0 Å². The first-order valence-corrected chi connectivity index (χ1v) is 11.0. The highest BCUT2D eigenvalue weighted by molar-refractivity contribution is 5.94. The van der Waals surface area contributed by atoms with Gasteiger partial charge in [-0.2, -0.15) is 0 Å². The van der Waals surface area contributed by atoms with E-state index < -0.39 is 0 Å². The normalized spacial score (nSPS) is 17.4. The second-order valence-corrected chi connectivity index (χ2v) is 7.64. The number of rotatable bonds is 8. The molecule has 10 nitrogen and oxygen atoms in total. The minimum atomic E-state index is 0.106. The van der Waals surface area contributed by atoms with Crippen LogP contribution in [0.25, 0.3) is 0 Å². The van der Waals surface area contributed by atoms with Crippen molar-refractivity contribution in [3.63, 3.8) is 0 Å². The Morgan fingerprint density at radius 3 is 2.43 bits per heavy atom. The van der Waals surface area contributed by atoms with Crippen molar-refractivity contribution in [2.45, 2.75) is 25.4 Å². The maximum absolute atomic E-state index is 11.3. The highest BCUT2D eigenvalue weighted by atomic mass is 16.5. The van der Waals surface area contributed by atoms with Gasteiger partial charge >= 0.3 is 0 Å². The number of hydrogen-bond donors (Lipinski definition) is 5. The number of nitrogen functional groups attached to an aromatic ring is 1. The van der Waals surface area contributed by atoms with Crippen LogP contribution in [0.3, 0.4) is 0 Å². The summed E-state index contributed by atoms with van der Waals surface area (Å²) >= 11 is 0. The molecule has 2 aromatic rings. The van der Waals surface area contributed by atoms with Crippen molar-refractivity contribution in [3.8, 4) is 5.75 Å². The lowest BCUT2D eigenvalue weighted by Crippen LogP contribution is -2.31. The highest BCUT2D eigenvalue weighted by Crippen LogP contribution is 2.32. The van der Waals surface area contributed by atoms with E-state index in [1.807, 2.05) is 38.1 Å². The van der Waals surface area contributed by atoms with Crippen LogP contribution in [-0.2, 0) is 4.79 Å². The van der Waals surface area contributed by atoms with Crippen LogP contribution in [0.2, 0.25) is 0 Å². The van der Waals surface area contributed by atoms with Gasteiger partial charge in [0.1, 0.15) is 18.4 Å². The van der Waals surface area contributed by atoms with E-state index in [9.17, 15) is 4.79 Å². The summed E-state index contributed by atoms with van der Waals surface area (Å²) < 4.78 is 6.04. The maximum Gasteiger partial charge on any atom is 0.152 e. The van der Waals surface area contributed by atoms with Crippen molar-refractivity contribution in [2.24, 2.45) is 22.4 Å². The summed E-state index contributed by atoms with van der Waals surface area (Å²) in [6.45, 7) is 2.00. The quantitative estimate of drug-likeness (QED) is 0.124. The molecule has 0 heterocycles. The summed E-state index contributed by atoms with van der Waals surface area (Å²) in [6, 6.07) is 12.7. The Morgan fingerprint density at radius 2 is 1.83 bits per heavy atom. The fraction of sp³-hybridized carbons (Fsp3) is 0.320. The first-order chi connectivity index (χ1) is 16.9. The number of aliphatic hydroxyl groups is 1. The van der Waals surface area contributed by atoms with Crippen LogP contribution in [-0.4, -0.2) is 51.3 Å². The van der Waals surface area contributed by atoms with Gasteiger partial charge in [-0.05, 0) is 67.8 Å². The number of amidine groups is 1. The van der Waals surface area contributed by atoms with E-state index >= 15 is 0 Å². The number of nitrogens with two attached hydrogens (primary N) is 3. The molecule has 1 saturated carbocycles. The van der Waals surface area contributed by atoms with Gasteiger partial charge in [-0.1, -0.05) is 0 Å². The van der Waals surface area contributed by atoms with Crippen LogP contribution in [0.5, 0.6) is 5.75 Å². The van der Waals surface area contributed by atoms with Gasteiger partial charge in [0.2, 0.25) is 0 Å². The third-order valence-electron chi connectivity index (χ3n) is 5.45. The van der Waals surface area contributed by atoms with E-state index in [1.165, 1.54) is 0 Å². The number of benzene rings is 2. The zero-order valence-electron chi connectivity index (χ0n) is 20.5. The number of anilines is 2. The number of hydrazine groups is 1. The molecule has 3 rings (SSSR count). The molecule has 1 aliphatic rings. The monoisotopic (exact) mass is 484 g/mol. The molecule has 1 aliphatic carbocycles. The van der Waals surface area contributed by atoms with Crippen LogP contribution in [0.1, 0.15) is 29.6 Å². The molecule has 0 aliphatic heterocycles. The summed E-state index contributed by atoms with van der Waals surface area (Å²) in [5.41, 5.74) is 24.5. The van der Waals surface area contributed by atoms with Gasteiger partial charge in [-0.15, -0.1) is 0 Å². The molecule has 0 saturated heterocycles. The third-order valence-corrected chi connectivity index (χ3v) is 5.45. The zero-order chi connectivity index (χ0) is 26.4. The average molecular weight is 485 g/mol. The summed E-state index contributed by atoms with van der Waals surface area (Å²) in [5, 5.41) is 8.74. The summed E-state index contributed by atoms with van der Waals surface area (Å²) in [6.07, 6.45) is 5.31. The first-order valence-electron chi connectivity index (χ1n) is 11.0. The molecule has 190 valence electrons. The van der Waals surface area contributed by atoms with Crippen LogP contribution in [0.15, 0.2) is 59.2 Å². The van der Waals surface area contributed by atoms with Crippen molar-refractivity contribution in [1.82, 2.24) is 5.43 Å². The largest absolute Gasteiger partial charge is 0.490 e. The van der Waals surface area contributed by atoms with Gasteiger partial charge in [0.15, 0.2) is 6.29 Å². The predicted molar refractivity (Wildman–Crippen MR) is 141 cm³/mol. The fourth-order valence-corrected chi connectivity index (χ4v) is 3.67. The maximum atomic E-state index is 11.3. The molecule has 10 heteroatoms. The molecule has 2 atom stereocenters. The lowest BCUT2D eigenvalue weighted by molar-refractivity contribution is -0.0980. The van der Waals surface area contributed by atoms with Crippen LogP contribution >= 0.6 is 0 Å². The number of aliphatic hydroxyl groups excluding tert-OH is 1. The van der Waals surface area contributed by atoms with Crippen molar-refractivity contribution < 1.29 is 19.4 Å². The number of aldehydes is 1. The number of nitrogens with one attached hydrogen (secondary N) is 1. The Balaban J connectivity index is 0.00000145. The molecule has 2 unspecified atom stereocenters. The van der Waals surface area contributed by atoms with E-state index in [-0.39, 0.29) is 12.0 Å². The van der Waals surface area contributed by atoms with Crippen LogP contribution in [0.4, 0.5) is 17.1 Å². The van der Waals surface area contributed by atoms with E-state index in [2.05, 4.69) is 10.4 Å². The lowest BCUT2D eigenvalue weighted by atomic mass is 10.0. The Kier molecular flexibility index (Phi) is 12.6. The van der Waals surface area contributed by atoms with Gasteiger partial charge in [0.05, 0.1) is 17.5 Å². The number of nitrogens with zero attached hydrogens (tertiary/aromatic N) is 2. The van der Waals surface area contributed by atoms with Gasteiger partial charge in [-0.3, -0.25) is 4.79 Å². The van der Waals surface area contributed by atoms with Gasteiger partial charge in [-0.25, -0.2) is 10.4 Å². The molecule has 1 fully saturated rings. The van der Waals surface area contributed by atoms with Crippen molar-refractivity contribution >= 4 is 36.0 Å². The van der Waals surface area contributed by atoms with Crippen LogP contribution in [0, 0.1) is 5.92 Å². The minimum Gasteiger partial charge on any atom is -0.490 e. The van der Waals surface area contributed by atoms with Crippen LogP contribution < -0.4 is 32.4 Å². The Bertz CT molecular complexity index is 994. The Labute approximate surface area is 206 Å². The van der Waals surface area contributed by atoms with E-state index in [0.29, 0.717) is 34.2 Å². The molecule has 0 spiro atoms. The second-order valence-electron chi connectivity index (χ2n) is 7.64. The van der Waals surface area contributed by atoms with E-state index in [1.54, 1.807) is 36.3 Å². The molecule has 0 aromatic heterocycles. The minimum absolute atomic E-state index is 0.106. The SMILES string of the molecule is C=O.CNN(C)c1cc(N=C(N)/C=C(\N)C2CCC(Oc3ccc(N)cc3)C2)ccc1C=O.CO. The van der Waals surface area contributed by atoms with Crippen molar-refractivity contribution in [2.75, 3.05) is 31.9 Å². The van der Waals surface area contributed by atoms with Gasteiger partial charge in [0.25, 0.3) is 0 Å². The molecule has 2 aromatic carbocycles. The number of carbonyl (C=O) groups excluding carboxylic acids is 2. The molecular weight excluding hydrogens is 448 g/mol. The Morgan fingerprint density at radius 1 is 1.17 bits per heavy atom. The molecule has 0 radical (unpaired) electrons. The van der Waals surface area contributed by atoms with E-state index in [4.69, 9.17) is 31.8 Å². The first kappa shape index (κ1) is 29.1. The van der Waals surface area contributed by atoms with Gasteiger partial charge < -0.3 is 36.8 Å². The van der Waals surface area contributed by atoms with Gasteiger partial charge in [0, 0.05) is 44.1 Å². The predicted octanol–water partition coefficient (Wildman–Crippen LogP) is 2.15. The van der Waals surface area contributed by atoms with Crippen molar-refractivity contribution in [3.05, 3.63) is 59.8 Å². The average Bonchev–Trinajstić information content (AvgIpc) is 3.36. The molecule has 35 heavy (non-hydrogen) atoms. The highest BCUT2D eigenvalue weighted by Gasteiger charge is 2.28. The smallest absolute Gasteiger partial charge is 0.152 e. The number of carbonyl (C=O) groups is 2. The Hall–Kier alpha value is -3.89. The molecule has 8 N–H and O–H groups in total. The fourth-order valence-electron chi connectivity index (χ4n) is 3.67. The molecule has 0 amide bonds. The third kappa shape index (κ3) is 8.76. The summed E-state index contributed by atoms with van der Waals surface area (Å²) in [5.74, 6) is 1.32.